The third kappa shape index (κ3) is 6.70. The average molecular weight is 392 g/mol. The van der Waals surface area contributed by atoms with Crippen molar-refractivity contribution in [1.29, 1.82) is 0 Å². The van der Waals surface area contributed by atoms with Crippen molar-refractivity contribution in [3.05, 3.63) is 40.4 Å². The normalized spacial score (nSPS) is 10.2. The fourth-order valence-electron chi connectivity index (χ4n) is 2.11. The van der Waals surface area contributed by atoms with Crippen molar-refractivity contribution in [2.45, 2.75) is 20.3 Å². The first-order valence-electron chi connectivity index (χ1n) is 8.04. The maximum absolute atomic E-state index is 11.8. The Morgan fingerprint density at radius 2 is 1.93 bits per heavy atom. The SMILES string of the molecule is COC(=O)Cc1csc(NC(=O)COC(=O)COc2ccc(C)cc2C)n1. The Bertz CT molecular complexity index is 833. The third-order valence-corrected chi connectivity index (χ3v) is 4.20. The molecule has 1 aromatic carbocycles. The summed E-state index contributed by atoms with van der Waals surface area (Å²) in [4.78, 5) is 38.8. The number of amides is 1. The van der Waals surface area contributed by atoms with Gasteiger partial charge in [-0.05, 0) is 25.5 Å². The van der Waals surface area contributed by atoms with Crippen LogP contribution in [0.25, 0.3) is 0 Å². The molecule has 0 saturated carbocycles. The molecule has 1 amide bonds. The van der Waals surface area contributed by atoms with E-state index in [4.69, 9.17) is 9.47 Å². The van der Waals surface area contributed by atoms with E-state index in [-0.39, 0.29) is 13.0 Å². The van der Waals surface area contributed by atoms with Crippen molar-refractivity contribution in [1.82, 2.24) is 4.98 Å². The van der Waals surface area contributed by atoms with E-state index in [0.717, 1.165) is 22.5 Å². The number of nitrogens with zero attached hydrogens (tertiary/aromatic N) is 1. The molecule has 0 fully saturated rings. The Balaban J connectivity index is 1.73. The second-order valence-electron chi connectivity index (χ2n) is 5.66. The molecule has 2 aromatic rings. The highest BCUT2D eigenvalue weighted by atomic mass is 32.1. The van der Waals surface area contributed by atoms with Crippen LogP contribution in [0.1, 0.15) is 16.8 Å². The summed E-state index contributed by atoms with van der Waals surface area (Å²) in [5.41, 5.74) is 2.49. The lowest BCUT2D eigenvalue weighted by molar-refractivity contribution is -0.149. The van der Waals surface area contributed by atoms with Crippen molar-refractivity contribution in [3.8, 4) is 5.75 Å². The van der Waals surface area contributed by atoms with E-state index in [9.17, 15) is 14.4 Å². The van der Waals surface area contributed by atoms with Gasteiger partial charge in [0.15, 0.2) is 18.3 Å². The summed E-state index contributed by atoms with van der Waals surface area (Å²) >= 11 is 1.16. The summed E-state index contributed by atoms with van der Waals surface area (Å²) in [7, 11) is 1.29. The number of hydrogen-bond acceptors (Lipinski definition) is 8. The first-order chi connectivity index (χ1) is 12.9. The summed E-state index contributed by atoms with van der Waals surface area (Å²) in [5.74, 6) is -1.02. The van der Waals surface area contributed by atoms with Crippen LogP contribution in [0.15, 0.2) is 23.6 Å². The smallest absolute Gasteiger partial charge is 0.344 e. The van der Waals surface area contributed by atoms with Crippen LogP contribution in [0.5, 0.6) is 5.75 Å². The summed E-state index contributed by atoms with van der Waals surface area (Å²) < 4.78 is 14.8. The van der Waals surface area contributed by atoms with Gasteiger partial charge in [-0.2, -0.15) is 0 Å². The second kappa shape index (κ2) is 9.67. The predicted octanol–water partition coefficient (Wildman–Crippen LogP) is 2.04. The standard InChI is InChI=1S/C18H20N2O6S/c1-11-4-5-14(12(2)6-11)25-9-17(23)26-8-15(21)20-18-19-13(10-27-18)7-16(22)24-3/h4-6,10H,7-9H2,1-3H3,(H,19,20,21). The molecule has 2 rings (SSSR count). The zero-order chi connectivity index (χ0) is 19.8. The largest absolute Gasteiger partial charge is 0.482 e. The number of carbonyl (C=O) groups is 3. The fourth-order valence-corrected chi connectivity index (χ4v) is 2.83. The molecule has 0 unspecified atom stereocenters. The van der Waals surface area contributed by atoms with Gasteiger partial charge in [0.1, 0.15) is 5.75 Å². The Labute approximate surface area is 160 Å². The molecule has 1 N–H and O–H groups in total. The monoisotopic (exact) mass is 392 g/mol. The van der Waals surface area contributed by atoms with Gasteiger partial charge in [0, 0.05) is 5.38 Å². The molecule has 0 aliphatic rings. The molecule has 9 heteroatoms. The minimum atomic E-state index is -0.657. The number of aromatic nitrogens is 1. The lowest BCUT2D eigenvalue weighted by Crippen LogP contribution is -2.23. The van der Waals surface area contributed by atoms with Crippen molar-refractivity contribution in [3.63, 3.8) is 0 Å². The number of aryl methyl sites for hydroxylation is 2. The quantitative estimate of drug-likeness (QED) is 0.686. The summed E-state index contributed by atoms with van der Waals surface area (Å²) in [5, 5.41) is 4.44. The highest BCUT2D eigenvalue weighted by Gasteiger charge is 2.12. The number of benzene rings is 1. The van der Waals surface area contributed by atoms with Crippen LogP contribution in [0.4, 0.5) is 5.13 Å². The Hall–Kier alpha value is -2.94. The molecule has 0 radical (unpaired) electrons. The van der Waals surface area contributed by atoms with Crippen molar-refractivity contribution in [2.75, 3.05) is 25.6 Å². The molecule has 0 aliphatic heterocycles. The average Bonchev–Trinajstić information content (AvgIpc) is 3.05. The summed E-state index contributed by atoms with van der Waals surface area (Å²) in [6.45, 7) is 3.09. The fraction of sp³-hybridized carbons (Fsp3) is 0.333. The van der Waals surface area contributed by atoms with Crippen molar-refractivity contribution in [2.24, 2.45) is 0 Å². The molecule has 27 heavy (non-hydrogen) atoms. The minimum absolute atomic E-state index is 0.0215. The van der Waals surface area contributed by atoms with E-state index >= 15 is 0 Å². The summed E-state index contributed by atoms with van der Waals surface area (Å²) in [6.07, 6.45) is 0.0215. The molecule has 144 valence electrons. The molecule has 8 nitrogen and oxygen atoms in total. The van der Waals surface area contributed by atoms with Gasteiger partial charge in [0.05, 0.1) is 19.2 Å². The van der Waals surface area contributed by atoms with Crippen LogP contribution < -0.4 is 10.1 Å². The topological polar surface area (TPSA) is 104 Å². The maximum atomic E-state index is 11.8. The number of rotatable bonds is 8. The Kier molecular flexibility index (Phi) is 7.30. The number of esters is 2. The van der Waals surface area contributed by atoms with Crippen LogP contribution >= 0.6 is 11.3 Å². The number of hydrogen-bond donors (Lipinski definition) is 1. The maximum Gasteiger partial charge on any atom is 0.344 e. The van der Waals surface area contributed by atoms with Gasteiger partial charge < -0.3 is 14.2 Å². The minimum Gasteiger partial charge on any atom is -0.482 e. The Morgan fingerprint density at radius 1 is 1.15 bits per heavy atom. The lowest BCUT2D eigenvalue weighted by Gasteiger charge is -2.09. The van der Waals surface area contributed by atoms with Crippen LogP contribution in [-0.4, -0.2) is 43.2 Å². The zero-order valence-electron chi connectivity index (χ0n) is 15.2. The van der Waals surface area contributed by atoms with Gasteiger partial charge in [0.2, 0.25) is 0 Å². The lowest BCUT2D eigenvalue weighted by atomic mass is 10.1. The Morgan fingerprint density at radius 3 is 2.63 bits per heavy atom. The number of thiazole rings is 1. The highest BCUT2D eigenvalue weighted by Crippen LogP contribution is 2.18. The molecule has 1 aromatic heterocycles. The first kappa shape index (κ1) is 20.4. The van der Waals surface area contributed by atoms with Crippen LogP contribution in [-0.2, 0) is 30.3 Å². The number of anilines is 1. The van der Waals surface area contributed by atoms with Gasteiger partial charge in [-0.25, -0.2) is 9.78 Å². The predicted molar refractivity (Wildman–Crippen MR) is 98.8 cm³/mol. The van der Waals surface area contributed by atoms with Crippen LogP contribution in [0, 0.1) is 13.8 Å². The number of nitrogens with one attached hydrogen (secondary N) is 1. The van der Waals surface area contributed by atoms with Crippen LogP contribution in [0.3, 0.4) is 0 Å². The number of ether oxygens (including phenoxy) is 3. The molecule has 0 atom stereocenters. The van der Waals surface area contributed by atoms with Gasteiger partial charge in [-0.1, -0.05) is 17.7 Å². The molecule has 0 spiro atoms. The molecular weight excluding hydrogens is 372 g/mol. The molecule has 0 bridgehead atoms. The van der Waals surface area contributed by atoms with E-state index in [1.165, 1.54) is 7.11 Å². The number of carbonyl (C=O) groups excluding carboxylic acids is 3. The summed E-state index contributed by atoms with van der Waals surface area (Å²) in [6, 6.07) is 5.60. The molecular formula is C18H20N2O6S. The van der Waals surface area contributed by atoms with E-state index in [1.807, 2.05) is 26.0 Å². The van der Waals surface area contributed by atoms with Gasteiger partial charge in [0.25, 0.3) is 5.91 Å². The van der Waals surface area contributed by atoms with Crippen molar-refractivity contribution >= 4 is 34.3 Å². The van der Waals surface area contributed by atoms with Crippen LogP contribution in [0.2, 0.25) is 0 Å². The zero-order valence-corrected chi connectivity index (χ0v) is 16.1. The number of methoxy groups -OCH3 is 1. The van der Waals surface area contributed by atoms with E-state index in [2.05, 4.69) is 15.0 Å². The van der Waals surface area contributed by atoms with Gasteiger partial charge in [-0.15, -0.1) is 11.3 Å². The van der Waals surface area contributed by atoms with E-state index in [0.29, 0.717) is 16.6 Å². The molecule has 1 heterocycles. The first-order valence-corrected chi connectivity index (χ1v) is 8.92. The van der Waals surface area contributed by atoms with Gasteiger partial charge >= 0.3 is 11.9 Å². The van der Waals surface area contributed by atoms with E-state index in [1.54, 1.807) is 11.4 Å². The highest BCUT2D eigenvalue weighted by molar-refractivity contribution is 7.13. The second-order valence-corrected chi connectivity index (χ2v) is 6.52. The van der Waals surface area contributed by atoms with Crippen molar-refractivity contribution < 1.29 is 28.6 Å². The molecule has 0 saturated heterocycles. The van der Waals surface area contributed by atoms with E-state index < -0.39 is 24.5 Å². The van der Waals surface area contributed by atoms with Gasteiger partial charge in [-0.3, -0.25) is 14.9 Å². The molecule has 0 aliphatic carbocycles. The third-order valence-electron chi connectivity index (χ3n) is 3.39.